The van der Waals surface area contributed by atoms with Crippen LogP contribution in [0.25, 0.3) is 11.4 Å². The Morgan fingerprint density at radius 3 is 3.00 bits per heavy atom. The lowest BCUT2D eigenvalue weighted by atomic mass is 10.1. The van der Waals surface area contributed by atoms with Gasteiger partial charge < -0.3 is 0 Å². The van der Waals surface area contributed by atoms with Crippen LogP contribution in [0, 0.1) is 6.92 Å². The first-order valence-electron chi connectivity index (χ1n) is 5.86. The van der Waals surface area contributed by atoms with E-state index in [2.05, 4.69) is 49.9 Å². The molecule has 0 N–H and O–H groups in total. The monoisotopic (exact) mass is 301 g/mol. The summed E-state index contributed by atoms with van der Waals surface area (Å²) in [5.74, 6) is 0.800. The predicted molar refractivity (Wildman–Crippen MR) is 76.1 cm³/mol. The summed E-state index contributed by atoms with van der Waals surface area (Å²) < 4.78 is 1.08. The van der Waals surface area contributed by atoms with Crippen LogP contribution in [0.4, 0.5) is 0 Å². The molecule has 0 radical (unpaired) electrons. The largest absolute Gasteiger partial charge is 0.292 e. The summed E-state index contributed by atoms with van der Waals surface area (Å²) in [6.07, 6.45) is 4.62. The Kier molecular flexibility index (Phi) is 2.96. The molecule has 90 valence electrons. The molecule has 3 nitrogen and oxygen atoms in total. The minimum atomic E-state index is 0.800. The Labute approximate surface area is 114 Å². The molecule has 18 heavy (non-hydrogen) atoms. The van der Waals surface area contributed by atoms with Gasteiger partial charge in [0.05, 0.1) is 5.69 Å². The number of hydrogen-bond acceptors (Lipinski definition) is 3. The summed E-state index contributed by atoms with van der Waals surface area (Å²) in [4.78, 5) is 13.3. The van der Waals surface area contributed by atoms with Gasteiger partial charge in [-0.05, 0) is 30.7 Å². The molecule has 0 amide bonds. The average molecular weight is 302 g/mol. The van der Waals surface area contributed by atoms with Crippen LogP contribution in [0.1, 0.15) is 16.8 Å². The van der Waals surface area contributed by atoms with Crippen LogP contribution in [0.15, 0.2) is 33.9 Å². The van der Waals surface area contributed by atoms with Crippen LogP contribution in [0.3, 0.4) is 0 Å². The van der Waals surface area contributed by atoms with Gasteiger partial charge in [-0.3, -0.25) is 4.99 Å². The van der Waals surface area contributed by atoms with Gasteiger partial charge in [0.1, 0.15) is 0 Å². The van der Waals surface area contributed by atoms with Crippen molar-refractivity contribution >= 4 is 22.1 Å². The lowest BCUT2D eigenvalue weighted by Crippen LogP contribution is -2.08. The van der Waals surface area contributed by atoms with Gasteiger partial charge in [0.25, 0.3) is 0 Å². The van der Waals surface area contributed by atoms with Crippen LogP contribution >= 0.6 is 15.9 Å². The molecule has 0 saturated carbocycles. The third-order valence-electron chi connectivity index (χ3n) is 3.04. The second kappa shape index (κ2) is 4.61. The highest BCUT2D eigenvalue weighted by Gasteiger charge is 2.11. The number of benzene rings is 1. The van der Waals surface area contributed by atoms with Gasteiger partial charge in [-0.15, -0.1) is 0 Å². The van der Waals surface area contributed by atoms with Gasteiger partial charge >= 0.3 is 0 Å². The Balaban J connectivity index is 2.09. The molecule has 4 heteroatoms. The second-order valence-electron chi connectivity index (χ2n) is 4.34. The van der Waals surface area contributed by atoms with E-state index in [0.717, 1.165) is 40.1 Å². The standard InChI is InChI=1S/C14H12BrN3/c1-9-6-11(15)2-3-12(9)14-17-8-10-7-16-5-4-13(10)18-14/h2-3,6-8H,4-5H2,1H3. The van der Waals surface area contributed by atoms with Crippen molar-refractivity contribution in [1.82, 2.24) is 9.97 Å². The summed E-state index contributed by atoms with van der Waals surface area (Å²) in [5.41, 5.74) is 4.40. The maximum Gasteiger partial charge on any atom is 0.159 e. The van der Waals surface area contributed by atoms with Gasteiger partial charge in [0, 0.05) is 41.0 Å². The van der Waals surface area contributed by atoms with Crippen LogP contribution < -0.4 is 0 Å². The van der Waals surface area contributed by atoms with Crippen molar-refractivity contribution in [2.45, 2.75) is 13.3 Å². The number of hydrogen-bond donors (Lipinski definition) is 0. The fraction of sp³-hybridized carbons (Fsp3) is 0.214. The molecule has 1 aliphatic rings. The van der Waals surface area contributed by atoms with Crippen molar-refractivity contribution in [2.24, 2.45) is 4.99 Å². The zero-order chi connectivity index (χ0) is 12.5. The van der Waals surface area contributed by atoms with Crippen molar-refractivity contribution < 1.29 is 0 Å². The molecule has 1 aromatic carbocycles. The number of nitrogens with zero attached hydrogens (tertiary/aromatic N) is 3. The molecular weight excluding hydrogens is 290 g/mol. The van der Waals surface area contributed by atoms with Gasteiger partial charge in [-0.1, -0.05) is 15.9 Å². The summed E-state index contributed by atoms with van der Waals surface area (Å²) in [6.45, 7) is 2.90. The van der Waals surface area contributed by atoms with Crippen LogP contribution in [0.2, 0.25) is 0 Å². The molecule has 0 atom stereocenters. The summed E-state index contributed by atoms with van der Waals surface area (Å²) in [5, 5.41) is 0. The molecule has 0 spiro atoms. The maximum absolute atomic E-state index is 4.66. The minimum absolute atomic E-state index is 0.800. The van der Waals surface area contributed by atoms with Crippen molar-refractivity contribution in [1.29, 1.82) is 0 Å². The van der Waals surface area contributed by atoms with E-state index < -0.39 is 0 Å². The van der Waals surface area contributed by atoms with E-state index in [9.17, 15) is 0 Å². The Morgan fingerprint density at radius 1 is 1.28 bits per heavy atom. The lowest BCUT2D eigenvalue weighted by Gasteiger charge is -2.11. The number of halogens is 1. The quantitative estimate of drug-likeness (QED) is 0.811. The first-order chi connectivity index (χ1) is 8.74. The average Bonchev–Trinajstić information content (AvgIpc) is 2.38. The normalized spacial score (nSPS) is 13.4. The molecular formula is C14H12BrN3. The topological polar surface area (TPSA) is 38.1 Å². The van der Waals surface area contributed by atoms with E-state index in [-0.39, 0.29) is 0 Å². The molecule has 3 rings (SSSR count). The third-order valence-corrected chi connectivity index (χ3v) is 3.53. The fourth-order valence-corrected chi connectivity index (χ4v) is 2.55. The first-order valence-corrected chi connectivity index (χ1v) is 6.65. The maximum atomic E-state index is 4.66. The highest BCUT2D eigenvalue weighted by atomic mass is 79.9. The molecule has 1 aliphatic heterocycles. The predicted octanol–water partition coefficient (Wildman–Crippen LogP) is 3.19. The van der Waals surface area contributed by atoms with Crippen LogP contribution in [-0.2, 0) is 6.42 Å². The van der Waals surface area contributed by atoms with Gasteiger partial charge in [-0.2, -0.15) is 0 Å². The number of aliphatic imine (C=N–C) groups is 1. The molecule has 1 aromatic heterocycles. The molecule has 0 unspecified atom stereocenters. The Bertz CT molecular complexity index is 635. The van der Waals surface area contributed by atoms with Gasteiger partial charge in [-0.25, -0.2) is 9.97 Å². The lowest BCUT2D eigenvalue weighted by molar-refractivity contribution is 0.894. The molecule has 0 aliphatic carbocycles. The summed E-state index contributed by atoms with van der Waals surface area (Å²) in [7, 11) is 0. The van der Waals surface area contributed by atoms with E-state index in [0.29, 0.717) is 0 Å². The van der Waals surface area contributed by atoms with E-state index in [1.165, 1.54) is 5.56 Å². The van der Waals surface area contributed by atoms with Crippen molar-refractivity contribution in [3.05, 3.63) is 45.7 Å². The van der Waals surface area contributed by atoms with Gasteiger partial charge in [0.15, 0.2) is 5.82 Å². The molecule has 0 fully saturated rings. The number of fused-ring (bicyclic) bond motifs is 1. The van der Waals surface area contributed by atoms with Gasteiger partial charge in [0.2, 0.25) is 0 Å². The van der Waals surface area contributed by atoms with E-state index in [1.54, 1.807) is 0 Å². The van der Waals surface area contributed by atoms with Crippen molar-refractivity contribution in [2.75, 3.05) is 6.54 Å². The highest BCUT2D eigenvalue weighted by Crippen LogP contribution is 2.24. The molecule has 2 heterocycles. The van der Waals surface area contributed by atoms with Crippen LogP contribution in [0.5, 0.6) is 0 Å². The zero-order valence-electron chi connectivity index (χ0n) is 10.0. The van der Waals surface area contributed by atoms with E-state index in [1.807, 2.05) is 18.5 Å². The Morgan fingerprint density at radius 2 is 2.17 bits per heavy atom. The number of rotatable bonds is 1. The zero-order valence-corrected chi connectivity index (χ0v) is 11.6. The summed E-state index contributed by atoms with van der Waals surface area (Å²) in [6, 6.07) is 6.16. The fourth-order valence-electron chi connectivity index (χ4n) is 2.08. The first kappa shape index (κ1) is 11.5. The minimum Gasteiger partial charge on any atom is -0.292 e. The van der Waals surface area contributed by atoms with Crippen molar-refractivity contribution in [3.8, 4) is 11.4 Å². The Hall–Kier alpha value is -1.55. The number of aromatic nitrogens is 2. The molecule has 2 aromatic rings. The third kappa shape index (κ3) is 2.08. The van der Waals surface area contributed by atoms with Crippen molar-refractivity contribution in [3.63, 3.8) is 0 Å². The molecule has 0 bridgehead atoms. The number of aryl methyl sites for hydroxylation is 1. The highest BCUT2D eigenvalue weighted by molar-refractivity contribution is 9.10. The van der Waals surface area contributed by atoms with Crippen LogP contribution in [-0.4, -0.2) is 22.7 Å². The molecule has 0 saturated heterocycles. The second-order valence-corrected chi connectivity index (χ2v) is 5.26. The van der Waals surface area contributed by atoms with E-state index >= 15 is 0 Å². The summed E-state index contributed by atoms with van der Waals surface area (Å²) >= 11 is 3.47. The van der Waals surface area contributed by atoms with E-state index in [4.69, 9.17) is 0 Å². The smallest absolute Gasteiger partial charge is 0.159 e. The SMILES string of the molecule is Cc1cc(Br)ccc1-c1ncc2c(n1)CCN=C2.